The van der Waals surface area contributed by atoms with Gasteiger partial charge < -0.3 is 0 Å². The maximum Gasteiger partial charge on any atom is 0.263 e. The van der Waals surface area contributed by atoms with Gasteiger partial charge in [-0.15, -0.1) is 0 Å². The van der Waals surface area contributed by atoms with Gasteiger partial charge in [0, 0.05) is 6.20 Å². The van der Waals surface area contributed by atoms with Crippen molar-refractivity contribution < 1.29 is 8.42 Å². The maximum atomic E-state index is 12.2. The summed E-state index contributed by atoms with van der Waals surface area (Å²) in [6, 6.07) is 9.08. The number of anilines is 1. The molecule has 0 bridgehead atoms. The van der Waals surface area contributed by atoms with Gasteiger partial charge in [-0.05, 0) is 30.3 Å². The van der Waals surface area contributed by atoms with E-state index in [2.05, 4.69) is 9.71 Å². The van der Waals surface area contributed by atoms with Crippen LogP contribution in [-0.4, -0.2) is 13.4 Å². The average Bonchev–Trinajstić information content (AvgIpc) is 2.39. The van der Waals surface area contributed by atoms with Crippen LogP contribution in [0.5, 0.6) is 0 Å². The molecule has 2 rings (SSSR count). The van der Waals surface area contributed by atoms with Gasteiger partial charge in [-0.1, -0.05) is 11.6 Å². The van der Waals surface area contributed by atoms with Crippen molar-refractivity contribution in [1.29, 1.82) is 5.26 Å². The maximum absolute atomic E-state index is 12.2. The highest BCUT2D eigenvalue weighted by atomic mass is 35.5. The lowest BCUT2D eigenvalue weighted by Gasteiger charge is -2.09. The second-order valence-corrected chi connectivity index (χ2v) is 5.66. The molecule has 0 unspecified atom stereocenters. The highest BCUT2D eigenvalue weighted by Gasteiger charge is 2.18. The van der Waals surface area contributed by atoms with Gasteiger partial charge in [-0.3, -0.25) is 9.71 Å². The standard InChI is InChI=1S/C12H8ClN3O2S/c13-11-4-3-9(7-14)6-12(11)19(17,18)16-10-2-1-5-15-8-10/h1-6,8,16H. The van der Waals surface area contributed by atoms with Gasteiger partial charge >= 0.3 is 0 Å². The Hall–Kier alpha value is -2.10. The first-order valence-electron chi connectivity index (χ1n) is 5.15. The first-order valence-corrected chi connectivity index (χ1v) is 7.01. The molecule has 19 heavy (non-hydrogen) atoms. The van der Waals surface area contributed by atoms with E-state index in [1.165, 1.54) is 30.6 Å². The molecule has 0 aliphatic carbocycles. The molecular formula is C12H8ClN3O2S. The Kier molecular flexibility index (Phi) is 3.69. The van der Waals surface area contributed by atoms with Crippen LogP contribution in [0.4, 0.5) is 5.69 Å². The van der Waals surface area contributed by atoms with Crippen molar-refractivity contribution in [2.45, 2.75) is 4.90 Å². The second-order valence-electron chi connectivity index (χ2n) is 3.60. The zero-order valence-electron chi connectivity index (χ0n) is 9.54. The van der Waals surface area contributed by atoms with Crippen molar-refractivity contribution >= 4 is 27.3 Å². The fraction of sp³-hybridized carbons (Fsp3) is 0. The minimum Gasteiger partial charge on any atom is -0.278 e. The lowest BCUT2D eigenvalue weighted by Crippen LogP contribution is -2.13. The number of benzene rings is 1. The van der Waals surface area contributed by atoms with E-state index in [-0.39, 0.29) is 15.5 Å². The number of sulfonamides is 1. The van der Waals surface area contributed by atoms with Crippen LogP contribution in [0.15, 0.2) is 47.6 Å². The molecule has 0 atom stereocenters. The number of hydrogen-bond acceptors (Lipinski definition) is 4. The Bertz CT molecular complexity index is 739. The molecule has 0 aliphatic rings. The molecule has 2 aromatic rings. The largest absolute Gasteiger partial charge is 0.278 e. The Labute approximate surface area is 115 Å². The molecule has 1 aromatic heterocycles. The van der Waals surface area contributed by atoms with Crippen LogP contribution in [0, 0.1) is 11.3 Å². The van der Waals surface area contributed by atoms with E-state index in [1.54, 1.807) is 12.1 Å². The molecule has 0 saturated heterocycles. The smallest absolute Gasteiger partial charge is 0.263 e. The third-order valence-corrected chi connectivity index (χ3v) is 4.13. The number of halogens is 1. The van der Waals surface area contributed by atoms with E-state index in [1.807, 2.05) is 6.07 Å². The summed E-state index contributed by atoms with van der Waals surface area (Å²) in [6.07, 6.45) is 2.90. The second kappa shape index (κ2) is 5.26. The van der Waals surface area contributed by atoms with E-state index in [4.69, 9.17) is 16.9 Å². The molecule has 96 valence electrons. The minimum absolute atomic E-state index is 0.0513. The van der Waals surface area contributed by atoms with E-state index >= 15 is 0 Å². The number of pyridine rings is 1. The predicted octanol–water partition coefficient (Wildman–Crippen LogP) is 2.41. The van der Waals surface area contributed by atoms with Crippen LogP contribution in [0.3, 0.4) is 0 Å². The van der Waals surface area contributed by atoms with Crippen molar-refractivity contribution in [2.24, 2.45) is 0 Å². The van der Waals surface area contributed by atoms with Gasteiger partial charge in [-0.25, -0.2) is 8.42 Å². The van der Waals surface area contributed by atoms with Gasteiger partial charge in [-0.2, -0.15) is 5.26 Å². The molecule has 1 N–H and O–H groups in total. The summed E-state index contributed by atoms with van der Waals surface area (Å²) < 4.78 is 26.7. The zero-order chi connectivity index (χ0) is 13.9. The van der Waals surface area contributed by atoms with Crippen LogP contribution in [0.25, 0.3) is 0 Å². The number of nitrogens with zero attached hydrogens (tertiary/aromatic N) is 2. The summed E-state index contributed by atoms with van der Waals surface area (Å²) in [5.74, 6) is 0. The van der Waals surface area contributed by atoms with Crippen LogP contribution >= 0.6 is 11.6 Å². The van der Waals surface area contributed by atoms with Crippen molar-refractivity contribution in [3.8, 4) is 6.07 Å². The number of nitrogens with one attached hydrogen (secondary N) is 1. The van der Waals surface area contributed by atoms with Gasteiger partial charge in [0.1, 0.15) is 4.90 Å². The van der Waals surface area contributed by atoms with Gasteiger partial charge in [0.15, 0.2) is 0 Å². The summed E-state index contributed by atoms with van der Waals surface area (Å²) in [5, 5.41) is 8.84. The molecule has 7 heteroatoms. The number of aromatic nitrogens is 1. The first-order chi connectivity index (χ1) is 9.03. The molecule has 0 radical (unpaired) electrons. The van der Waals surface area contributed by atoms with Crippen molar-refractivity contribution in [2.75, 3.05) is 4.72 Å². The Morgan fingerprint density at radius 3 is 2.74 bits per heavy atom. The Morgan fingerprint density at radius 1 is 1.32 bits per heavy atom. The Morgan fingerprint density at radius 2 is 2.11 bits per heavy atom. The molecule has 0 spiro atoms. The number of nitriles is 1. The van der Waals surface area contributed by atoms with Crippen molar-refractivity contribution in [3.05, 3.63) is 53.3 Å². The van der Waals surface area contributed by atoms with Crippen LogP contribution in [0.1, 0.15) is 5.56 Å². The first kappa shape index (κ1) is 13.3. The molecule has 0 aliphatic heterocycles. The number of hydrogen-bond donors (Lipinski definition) is 1. The van der Waals surface area contributed by atoms with Crippen molar-refractivity contribution in [1.82, 2.24) is 4.98 Å². The molecular weight excluding hydrogens is 286 g/mol. The summed E-state index contributed by atoms with van der Waals surface area (Å²) in [5.41, 5.74) is 0.539. The monoisotopic (exact) mass is 293 g/mol. The van der Waals surface area contributed by atoms with Crippen LogP contribution in [-0.2, 0) is 10.0 Å². The lowest BCUT2D eigenvalue weighted by molar-refractivity contribution is 0.601. The summed E-state index contributed by atoms with van der Waals surface area (Å²) in [7, 11) is -3.85. The predicted molar refractivity (Wildman–Crippen MR) is 71.2 cm³/mol. The van der Waals surface area contributed by atoms with Gasteiger partial charge in [0.05, 0.1) is 28.5 Å². The SMILES string of the molecule is N#Cc1ccc(Cl)c(S(=O)(=O)Nc2cccnc2)c1. The number of rotatable bonds is 3. The van der Waals surface area contributed by atoms with Gasteiger partial charge in [0.2, 0.25) is 0 Å². The zero-order valence-corrected chi connectivity index (χ0v) is 11.1. The van der Waals surface area contributed by atoms with Gasteiger partial charge in [0.25, 0.3) is 10.0 Å². The van der Waals surface area contributed by atoms with E-state index in [9.17, 15) is 8.42 Å². The lowest BCUT2D eigenvalue weighted by atomic mass is 10.2. The highest BCUT2D eigenvalue weighted by molar-refractivity contribution is 7.92. The quantitative estimate of drug-likeness (QED) is 0.942. The van der Waals surface area contributed by atoms with E-state index in [0.717, 1.165) is 0 Å². The normalized spacial score (nSPS) is 10.7. The van der Waals surface area contributed by atoms with E-state index in [0.29, 0.717) is 5.69 Å². The summed E-state index contributed by atoms with van der Waals surface area (Å²) >= 11 is 5.86. The third kappa shape index (κ3) is 3.02. The fourth-order valence-corrected chi connectivity index (χ4v) is 2.98. The van der Waals surface area contributed by atoms with Crippen LogP contribution < -0.4 is 4.72 Å². The fourth-order valence-electron chi connectivity index (χ4n) is 1.41. The molecule has 0 fully saturated rings. The third-order valence-electron chi connectivity index (χ3n) is 2.26. The molecule has 5 nitrogen and oxygen atoms in total. The molecule has 1 heterocycles. The minimum atomic E-state index is -3.85. The molecule has 0 saturated carbocycles. The highest BCUT2D eigenvalue weighted by Crippen LogP contribution is 2.24. The average molecular weight is 294 g/mol. The van der Waals surface area contributed by atoms with E-state index < -0.39 is 10.0 Å². The summed E-state index contributed by atoms with van der Waals surface area (Å²) in [6.45, 7) is 0. The molecule has 0 amide bonds. The topological polar surface area (TPSA) is 82.8 Å². The molecule has 1 aromatic carbocycles. The summed E-state index contributed by atoms with van der Waals surface area (Å²) in [4.78, 5) is 3.66. The van der Waals surface area contributed by atoms with Crippen molar-refractivity contribution in [3.63, 3.8) is 0 Å². The Balaban J connectivity index is 2.43. The van der Waals surface area contributed by atoms with Crippen LogP contribution in [0.2, 0.25) is 5.02 Å².